The number of nitrogens with zero attached hydrogens (tertiary/aromatic N) is 1. The van der Waals surface area contributed by atoms with Gasteiger partial charge in [-0.2, -0.15) is 0 Å². The van der Waals surface area contributed by atoms with Gasteiger partial charge in [-0.25, -0.2) is 4.98 Å². The van der Waals surface area contributed by atoms with E-state index in [1.165, 1.54) is 16.9 Å². The minimum atomic E-state index is -0.239. The molecule has 4 rings (SSSR count). The second-order valence-corrected chi connectivity index (χ2v) is 9.50. The summed E-state index contributed by atoms with van der Waals surface area (Å²) < 4.78 is 5.76. The second kappa shape index (κ2) is 10.8. The third-order valence-corrected chi connectivity index (χ3v) is 6.84. The summed E-state index contributed by atoms with van der Waals surface area (Å²) in [6.45, 7) is 2.33. The molecule has 8 heteroatoms. The maximum Gasteiger partial charge on any atom is 0.271 e. The van der Waals surface area contributed by atoms with Crippen molar-refractivity contribution in [3.8, 4) is 5.75 Å². The molecule has 33 heavy (non-hydrogen) atoms. The molecule has 1 saturated carbocycles. The first kappa shape index (κ1) is 23.3. The van der Waals surface area contributed by atoms with Gasteiger partial charge in [-0.3, -0.25) is 9.59 Å². The first-order valence-corrected chi connectivity index (χ1v) is 12.3. The molecule has 1 aromatic heterocycles. The van der Waals surface area contributed by atoms with Crippen LogP contribution >= 0.6 is 22.9 Å². The quantitative estimate of drug-likeness (QED) is 0.486. The Morgan fingerprint density at radius 1 is 1.03 bits per heavy atom. The fourth-order valence-electron chi connectivity index (χ4n) is 3.87. The summed E-state index contributed by atoms with van der Waals surface area (Å²) in [5.41, 5.74) is 1.97. The molecule has 172 valence electrons. The smallest absolute Gasteiger partial charge is 0.271 e. The fourth-order valence-corrected chi connectivity index (χ4v) is 4.78. The largest absolute Gasteiger partial charge is 0.486 e. The molecular weight excluding hydrogens is 458 g/mol. The number of halogens is 1. The lowest BCUT2D eigenvalue weighted by molar-refractivity contribution is 0.0860. The zero-order chi connectivity index (χ0) is 23.2. The van der Waals surface area contributed by atoms with Gasteiger partial charge in [0.15, 0.2) is 0 Å². The molecule has 1 heterocycles. The van der Waals surface area contributed by atoms with Gasteiger partial charge in [0.2, 0.25) is 0 Å². The van der Waals surface area contributed by atoms with E-state index in [0.717, 1.165) is 36.4 Å². The van der Waals surface area contributed by atoms with Crippen LogP contribution in [0.3, 0.4) is 0 Å². The van der Waals surface area contributed by atoms with Crippen LogP contribution in [-0.4, -0.2) is 28.9 Å². The van der Waals surface area contributed by atoms with Gasteiger partial charge < -0.3 is 15.4 Å². The Kier molecular flexibility index (Phi) is 7.62. The van der Waals surface area contributed by atoms with Gasteiger partial charge in [-0.15, -0.1) is 11.3 Å². The number of aryl methyl sites for hydroxylation is 1. The molecule has 2 N–H and O–H groups in total. The Labute approximate surface area is 202 Å². The molecule has 2 atom stereocenters. The first-order valence-electron chi connectivity index (χ1n) is 11.0. The number of thiazole rings is 1. The van der Waals surface area contributed by atoms with Gasteiger partial charge in [0.05, 0.1) is 10.6 Å². The standard InChI is InChI=1S/C25H26ClN3O3S/c1-16-10-12-17(13-11-16)32-14-23-27-22(15-33-23)25(31)29-21-9-5-4-8-20(21)28-24(30)18-6-2-3-7-19(18)26/h2-3,6-7,10-13,15,20-21H,4-5,8-9,14H2,1H3,(H,28,30)(H,29,31)/t20-,21+/m1/s1. The summed E-state index contributed by atoms with van der Waals surface area (Å²) in [4.78, 5) is 30.0. The van der Waals surface area contributed by atoms with E-state index in [9.17, 15) is 9.59 Å². The van der Waals surface area contributed by atoms with E-state index in [-0.39, 0.29) is 23.9 Å². The minimum Gasteiger partial charge on any atom is -0.486 e. The molecule has 1 aliphatic carbocycles. The van der Waals surface area contributed by atoms with Crippen molar-refractivity contribution in [1.82, 2.24) is 15.6 Å². The fraction of sp³-hybridized carbons (Fsp3) is 0.320. The summed E-state index contributed by atoms with van der Waals surface area (Å²) >= 11 is 7.55. The number of carbonyl (C=O) groups is 2. The highest BCUT2D eigenvalue weighted by atomic mass is 35.5. The van der Waals surface area contributed by atoms with Crippen LogP contribution in [0, 0.1) is 6.92 Å². The monoisotopic (exact) mass is 483 g/mol. The zero-order valence-electron chi connectivity index (χ0n) is 18.3. The van der Waals surface area contributed by atoms with E-state index in [2.05, 4.69) is 15.6 Å². The number of benzene rings is 2. The molecule has 1 aliphatic rings. The first-order chi connectivity index (χ1) is 16.0. The molecular formula is C25H26ClN3O3S. The van der Waals surface area contributed by atoms with Crippen molar-refractivity contribution in [3.05, 3.63) is 80.8 Å². The normalized spacial score (nSPS) is 17.9. The highest BCUT2D eigenvalue weighted by Gasteiger charge is 2.29. The van der Waals surface area contributed by atoms with Gasteiger partial charge in [-0.1, -0.05) is 54.3 Å². The Bertz CT molecular complexity index is 1120. The van der Waals surface area contributed by atoms with Crippen molar-refractivity contribution < 1.29 is 14.3 Å². The number of amides is 2. The average Bonchev–Trinajstić information content (AvgIpc) is 3.29. The lowest BCUT2D eigenvalue weighted by Gasteiger charge is -2.32. The van der Waals surface area contributed by atoms with Crippen LogP contribution in [0.5, 0.6) is 5.75 Å². The van der Waals surface area contributed by atoms with Crippen LogP contribution in [0.2, 0.25) is 5.02 Å². The highest BCUT2D eigenvalue weighted by Crippen LogP contribution is 2.22. The van der Waals surface area contributed by atoms with E-state index in [1.54, 1.807) is 29.6 Å². The van der Waals surface area contributed by atoms with Crippen molar-refractivity contribution in [2.45, 2.75) is 51.3 Å². The Morgan fingerprint density at radius 2 is 1.70 bits per heavy atom. The molecule has 2 amide bonds. The minimum absolute atomic E-state index is 0.158. The molecule has 0 aliphatic heterocycles. The van der Waals surface area contributed by atoms with E-state index in [1.807, 2.05) is 31.2 Å². The van der Waals surface area contributed by atoms with Gasteiger partial charge in [0.1, 0.15) is 23.1 Å². The summed E-state index contributed by atoms with van der Waals surface area (Å²) in [6, 6.07) is 14.4. The molecule has 0 unspecified atom stereocenters. The van der Waals surface area contributed by atoms with E-state index >= 15 is 0 Å². The Morgan fingerprint density at radius 3 is 2.39 bits per heavy atom. The van der Waals surface area contributed by atoms with Crippen molar-refractivity contribution in [1.29, 1.82) is 0 Å². The van der Waals surface area contributed by atoms with Crippen LogP contribution < -0.4 is 15.4 Å². The molecule has 2 aromatic carbocycles. The van der Waals surface area contributed by atoms with E-state index in [0.29, 0.717) is 22.9 Å². The number of rotatable bonds is 7. The molecule has 0 bridgehead atoms. The highest BCUT2D eigenvalue weighted by molar-refractivity contribution is 7.09. The van der Waals surface area contributed by atoms with Gasteiger partial charge >= 0.3 is 0 Å². The molecule has 3 aromatic rings. The number of ether oxygens (including phenoxy) is 1. The lowest BCUT2D eigenvalue weighted by Crippen LogP contribution is -2.53. The summed E-state index contributed by atoms with van der Waals surface area (Å²) in [7, 11) is 0. The number of carbonyl (C=O) groups excluding carboxylic acids is 2. The molecule has 6 nitrogen and oxygen atoms in total. The maximum absolute atomic E-state index is 12.9. The van der Waals surface area contributed by atoms with Crippen LogP contribution in [0.4, 0.5) is 0 Å². The Balaban J connectivity index is 1.35. The predicted octanol–water partition coefficient (Wildman–Crippen LogP) is 5.15. The van der Waals surface area contributed by atoms with Crippen LogP contribution in [0.1, 0.15) is 57.1 Å². The van der Waals surface area contributed by atoms with Crippen molar-refractivity contribution in [2.24, 2.45) is 0 Å². The third-order valence-electron chi connectivity index (χ3n) is 5.69. The summed E-state index contributed by atoms with van der Waals surface area (Å²) in [5.74, 6) is 0.300. The number of hydrogen-bond donors (Lipinski definition) is 2. The van der Waals surface area contributed by atoms with Gasteiger partial charge in [-0.05, 0) is 44.0 Å². The molecule has 0 spiro atoms. The molecule has 1 fully saturated rings. The zero-order valence-corrected chi connectivity index (χ0v) is 19.9. The van der Waals surface area contributed by atoms with Gasteiger partial charge in [0.25, 0.3) is 11.8 Å². The number of aromatic nitrogens is 1. The van der Waals surface area contributed by atoms with Crippen molar-refractivity contribution >= 4 is 34.8 Å². The topological polar surface area (TPSA) is 80.3 Å². The van der Waals surface area contributed by atoms with Crippen molar-refractivity contribution in [3.63, 3.8) is 0 Å². The van der Waals surface area contributed by atoms with Crippen LogP contribution in [0.25, 0.3) is 0 Å². The van der Waals surface area contributed by atoms with Crippen LogP contribution in [-0.2, 0) is 6.61 Å². The van der Waals surface area contributed by atoms with Gasteiger partial charge in [0, 0.05) is 17.5 Å². The second-order valence-electron chi connectivity index (χ2n) is 8.15. The summed E-state index contributed by atoms with van der Waals surface area (Å²) in [5, 5.41) is 9.00. The molecule has 0 radical (unpaired) electrons. The number of hydrogen-bond acceptors (Lipinski definition) is 5. The molecule has 0 saturated heterocycles. The van der Waals surface area contributed by atoms with Crippen molar-refractivity contribution in [2.75, 3.05) is 0 Å². The lowest BCUT2D eigenvalue weighted by atomic mass is 9.90. The maximum atomic E-state index is 12.9. The predicted molar refractivity (Wildman–Crippen MR) is 130 cm³/mol. The number of nitrogens with one attached hydrogen (secondary N) is 2. The van der Waals surface area contributed by atoms with Crippen LogP contribution in [0.15, 0.2) is 53.9 Å². The summed E-state index contributed by atoms with van der Waals surface area (Å²) in [6.07, 6.45) is 3.59. The Hall–Kier alpha value is -2.90. The van der Waals surface area contributed by atoms with E-state index in [4.69, 9.17) is 16.3 Å². The average molecular weight is 484 g/mol. The SMILES string of the molecule is Cc1ccc(OCc2nc(C(=O)N[C@H]3CCCC[C@H]3NC(=O)c3ccccc3Cl)cs2)cc1. The van der Waals surface area contributed by atoms with E-state index < -0.39 is 0 Å². The third kappa shape index (κ3) is 6.12.